The van der Waals surface area contributed by atoms with Gasteiger partial charge in [-0.25, -0.2) is 8.42 Å². The van der Waals surface area contributed by atoms with Crippen LogP contribution in [0.25, 0.3) is 0 Å². The molecule has 1 saturated carbocycles. The largest absolute Gasteiger partial charge is 0.352 e. The predicted octanol–water partition coefficient (Wildman–Crippen LogP) is 5.22. The molecule has 2 amide bonds. The van der Waals surface area contributed by atoms with Gasteiger partial charge >= 0.3 is 0 Å². The summed E-state index contributed by atoms with van der Waals surface area (Å²) < 4.78 is 26.6. The molecule has 1 aliphatic carbocycles. The van der Waals surface area contributed by atoms with Gasteiger partial charge in [0.2, 0.25) is 21.8 Å². The Balaban J connectivity index is 1.96. The number of anilines is 1. The average molecular weight is 597 g/mol. The molecule has 0 heterocycles. The summed E-state index contributed by atoms with van der Waals surface area (Å²) in [6.45, 7) is 2.67. The molecule has 3 rings (SSSR count). The SMILES string of the molecule is CC[C@H](C(=O)NC1CCCCC1)N(Cc1ccc(Cl)c(Cl)c1)C(=O)CN(c1cccc(C(C)=O)c1)S(C)(=O)=O. The fourth-order valence-corrected chi connectivity index (χ4v) is 5.95. The number of carbonyl (C=O) groups is 3. The molecule has 0 saturated heterocycles. The first-order chi connectivity index (χ1) is 18.4. The van der Waals surface area contributed by atoms with Gasteiger partial charge in [-0.1, -0.05) is 67.6 Å². The van der Waals surface area contributed by atoms with Crippen molar-refractivity contribution in [3.63, 3.8) is 0 Å². The Morgan fingerprint density at radius 2 is 1.72 bits per heavy atom. The maximum atomic E-state index is 13.9. The second-order valence-corrected chi connectivity index (χ2v) is 12.6. The van der Waals surface area contributed by atoms with Crippen LogP contribution < -0.4 is 9.62 Å². The fourth-order valence-electron chi connectivity index (χ4n) is 4.79. The summed E-state index contributed by atoms with van der Waals surface area (Å²) in [6, 6.07) is 10.3. The van der Waals surface area contributed by atoms with Gasteiger partial charge in [-0.05, 0) is 56.0 Å². The van der Waals surface area contributed by atoms with Crippen LogP contribution >= 0.6 is 23.2 Å². The summed E-state index contributed by atoms with van der Waals surface area (Å²) in [7, 11) is -3.91. The quantitative estimate of drug-likeness (QED) is 0.359. The third-order valence-corrected chi connectivity index (χ3v) is 8.77. The second kappa shape index (κ2) is 13.6. The number of nitrogens with zero attached hydrogens (tertiary/aromatic N) is 2. The van der Waals surface area contributed by atoms with E-state index >= 15 is 0 Å². The van der Waals surface area contributed by atoms with Crippen molar-refractivity contribution in [3.8, 4) is 0 Å². The van der Waals surface area contributed by atoms with Crippen LogP contribution in [0.4, 0.5) is 5.69 Å². The van der Waals surface area contributed by atoms with Crippen molar-refractivity contribution in [2.45, 2.75) is 71.0 Å². The van der Waals surface area contributed by atoms with Crippen LogP contribution in [0.1, 0.15) is 68.3 Å². The minimum absolute atomic E-state index is 0.0252. The van der Waals surface area contributed by atoms with Crippen molar-refractivity contribution in [1.29, 1.82) is 0 Å². The van der Waals surface area contributed by atoms with Crippen molar-refractivity contribution in [1.82, 2.24) is 10.2 Å². The Morgan fingerprint density at radius 3 is 2.31 bits per heavy atom. The summed E-state index contributed by atoms with van der Waals surface area (Å²) in [5.41, 5.74) is 1.15. The van der Waals surface area contributed by atoms with Crippen LogP contribution in [0.15, 0.2) is 42.5 Å². The fraction of sp³-hybridized carbons (Fsp3) is 0.464. The lowest BCUT2D eigenvalue weighted by Crippen LogP contribution is -2.53. The van der Waals surface area contributed by atoms with Crippen LogP contribution in [0.5, 0.6) is 0 Å². The topological polar surface area (TPSA) is 104 Å². The van der Waals surface area contributed by atoms with E-state index in [-0.39, 0.29) is 30.0 Å². The molecular weight excluding hydrogens is 561 g/mol. The molecule has 2 aromatic rings. The average Bonchev–Trinajstić information content (AvgIpc) is 2.89. The highest BCUT2D eigenvalue weighted by Gasteiger charge is 2.33. The molecule has 1 atom stereocenters. The summed E-state index contributed by atoms with van der Waals surface area (Å²) in [4.78, 5) is 40.6. The van der Waals surface area contributed by atoms with Crippen molar-refractivity contribution in [3.05, 3.63) is 63.6 Å². The smallest absolute Gasteiger partial charge is 0.244 e. The number of rotatable bonds is 11. The van der Waals surface area contributed by atoms with Gasteiger partial charge in [0.1, 0.15) is 12.6 Å². The highest BCUT2D eigenvalue weighted by atomic mass is 35.5. The van der Waals surface area contributed by atoms with Crippen LogP contribution in [0.2, 0.25) is 10.0 Å². The summed E-state index contributed by atoms with van der Waals surface area (Å²) in [5, 5.41) is 3.76. The van der Waals surface area contributed by atoms with Crippen molar-refractivity contribution < 1.29 is 22.8 Å². The predicted molar refractivity (Wildman–Crippen MR) is 155 cm³/mol. The Labute approximate surface area is 240 Å². The third kappa shape index (κ3) is 8.43. The molecule has 1 fully saturated rings. The van der Waals surface area contributed by atoms with Gasteiger partial charge in [0.25, 0.3) is 0 Å². The Morgan fingerprint density at radius 1 is 1.03 bits per heavy atom. The van der Waals surface area contributed by atoms with Crippen molar-refractivity contribution >= 4 is 56.5 Å². The minimum Gasteiger partial charge on any atom is -0.352 e. The van der Waals surface area contributed by atoms with E-state index in [1.165, 1.54) is 24.0 Å². The summed E-state index contributed by atoms with van der Waals surface area (Å²) in [6.07, 6.45) is 6.31. The lowest BCUT2D eigenvalue weighted by molar-refractivity contribution is -0.140. The first kappa shape index (κ1) is 30.9. The van der Waals surface area contributed by atoms with Gasteiger partial charge in [-0.15, -0.1) is 0 Å². The lowest BCUT2D eigenvalue weighted by Gasteiger charge is -2.34. The van der Waals surface area contributed by atoms with Crippen LogP contribution in [-0.4, -0.2) is 55.8 Å². The van der Waals surface area contributed by atoms with Crippen LogP contribution in [0, 0.1) is 0 Å². The van der Waals surface area contributed by atoms with Crippen LogP contribution in [-0.2, 0) is 26.2 Å². The summed E-state index contributed by atoms with van der Waals surface area (Å²) >= 11 is 12.3. The highest BCUT2D eigenvalue weighted by Crippen LogP contribution is 2.26. The molecule has 11 heteroatoms. The third-order valence-electron chi connectivity index (χ3n) is 6.89. The molecule has 0 radical (unpaired) electrons. The maximum Gasteiger partial charge on any atom is 0.244 e. The zero-order valence-corrected chi connectivity index (χ0v) is 24.8. The number of carbonyl (C=O) groups excluding carboxylic acids is 3. The van der Waals surface area contributed by atoms with E-state index in [0.717, 1.165) is 42.7 Å². The molecule has 1 aliphatic rings. The Bertz CT molecular complexity index is 1310. The minimum atomic E-state index is -3.91. The maximum absolute atomic E-state index is 13.9. The molecule has 2 aromatic carbocycles. The number of amides is 2. The molecule has 0 bridgehead atoms. The second-order valence-electron chi connectivity index (χ2n) is 9.91. The molecule has 1 N–H and O–H groups in total. The normalized spacial score (nSPS) is 14.9. The van der Waals surface area contributed by atoms with E-state index in [4.69, 9.17) is 23.2 Å². The monoisotopic (exact) mass is 595 g/mol. The lowest BCUT2D eigenvalue weighted by atomic mass is 9.95. The molecular formula is C28H35Cl2N3O5S. The van der Waals surface area contributed by atoms with Crippen molar-refractivity contribution in [2.75, 3.05) is 17.1 Å². The highest BCUT2D eigenvalue weighted by molar-refractivity contribution is 7.92. The molecule has 39 heavy (non-hydrogen) atoms. The Hall–Kier alpha value is -2.62. The zero-order chi connectivity index (χ0) is 28.7. The first-order valence-corrected chi connectivity index (χ1v) is 15.6. The van der Waals surface area contributed by atoms with E-state index < -0.39 is 28.5 Å². The van der Waals surface area contributed by atoms with Gasteiger partial charge in [0.05, 0.1) is 22.0 Å². The van der Waals surface area contributed by atoms with E-state index in [1.807, 2.05) is 6.92 Å². The van der Waals surface area contributed by atoms with E-state index in [1.54, 1.807) is 30.3 Å². The number of hydrogen-bond acceptors (Lipinski definition) is 5. The van der Waals surface area contributed by atoms with Gasteiger partial charge < -0.3 is 10.2 Å². The molecule has 0 spiro atoms. The van der Waals surface area contributed by atoms with E-state index in [2.05, 4.69) is 5.32 Å². The number of halogens is 2. The number of sulfonamides is 1. The molecule has 8 nitrogen and oxygen atoms in total. The molecule has 0 unspecified atom stereocenters. The standard InChI is InChI=1S/C28H35Cl2N3O5S/c1-4-26(28(36)31-22-10-6-5-7-11-22)32(17-20-13-14-24(29)25(30)15-20)27(35)18-33(39(3,37)38)23-12-8-9-21(16-23)19(2)34/h8-9,12-16,22,26H,4-7,10-11,17-18H2,1-3H3,(H,31,36)/t26-/m1/s1. The number of Topliss-reactive ketones (excluding diaryl/α,β-unsaturated/α-hetero) is 1. The van der Waals surface area contributed by atoms with Crippen molar-refractivity contribution in [2.24, 2.45) is 0 Å². The van der Waals surface area contributed by atoms with Gasteiger partial charge in [0, 0.05) is 18.2 Å². The van der Waals surface area contributed by atoms with Crippen LogP contribution in [0.3, 0.4) is 0 Å². The number of nitrogens with one attached hydrogen (secondary N) is 1. The summed E-state index contributed by atoms with van der Waals surface area (Å²) in [5.74, 6) is -1.07. The van der Waals surface area contributed by atoms with Gasteiger partial charge in [0.15, 0.2) is 5.78 Å². The van der Waals surface area contributed by atoms with E-state index in [0.29, 0.717) is 27.6 Å². The van der Waals surface area contributed by atoms with E-state index in [9.17, 15) is 22.8 Å². The molecule has 0 aliphatic heterocycles. The number of benzene rings is 2. The number of ketones is 1. The zero-order valence-electron chi connectivity index (χ0n) is 22.5. The van der Waals surface area contributed by atoms with Gasteiger partial charge in [-0.2, -0.15) is 0 Å². The number of hydrogen-bond donors (Lipinski definition) is 1. The molecule has 0 aromatic heterocycles. The first-order valence-electron chi connectivity index (χ1n) is 13.0. The Kier molecular flexibility index (Phi) is 10.8. The van der Waals surface area contributed by atoms with Gasteiger partial charge in [-0.3, -0.25) is 18.7 Å². The molecule has 212 valence electrons.